The molecule has 0 aliphatic rings. The number of fused-ring (bicyclic) bond motifs is 2. The number of aromatic nitrogens is 2. The Kier molecular flexibility index (Phi) is 6.93. The zero-order valence-electron chi connectivity index (χ0n) is 21.0. The van der Waals surface area contributed by atoms with E-state index in [4.69, 9.17) is 11.5 Å². The molecule has 0 saturated heterocycles. The molecule has 2 heterocycles. The Labute approximate surface area is 215 Å². The smallest absolute Gasteiger partial charge is 0.240 e. The van der Waals surface area contributed by atoms with Gasteiger partial charge in [-0.25, -0.2) is 0 Å². The summed E-state index contributed by atoms with van der Waals surface area (Å²) >= 11 is 0. The van der Waals surface area contributed by atoms with Crippen molar-refractivity contribution >= 4 is 56.4 Å². The lowest BCUT2D eigenvalue weighted by Gasteiger charge is -2.29. The zero-order valence-corrected chi connectivity index (χ0v) is 21.0. The average molecular weight is 495 g/mol. The summed E-state index contributed by atoms with van der Waals surface area (Å²) in [6, 6.07) is 14.1. The highest BCUT2D eigenvalue weighted by Gasteiger charge is 2.44. The van der Waals surface area contributed by atoms with Gasteiger partial charge in [0.1, 0.15) is 5.41 Å². The molecule has 2 aromatic carbocycles. The van der Waals surface area contributed by atoms with E-state index in [2.05, 4.69) is 33.8 Å². The van der Waals surface area contributed by atoms with Gasteiger partial charge in [-0.05, 0) is 75.2 Å². The fourth-order valence-corrected chi connectivity index (χ4v) is 4.49. The molecule has 4 rings (SSSR count). The van der Waals surface area contributed by atoms with Crippen LogP contribution in [0.2, 0.25) is 0 Å². The van der Waals surface area contributed by atoms with Crippen molar-refractivity contribution < 1.29 is 9.59 Å². The first-order valence-corrected chi connectivity index (χ1v) is 11.9. The van der Waals surface area contributed by atoms with Crippen molar-refractivity contribution in [3.63, 3.8) is 0 Å². The molecule has 37 heavy (non-hydrogen) atoms. The van der Waals surface area contributed by atoms with E-state index in [0.717, 1.165) is 22.4 Å². The van der Waals surface area contributed by atoms with Gasteiger partial charge in [-0.15, -0.1) is 13.2 Å². The molecule has 0 unspecified atom stereocenters. The third-order valence-corrected chi connectivity index (χ3v) is 6.31. The first-order chi connectivity index (χ1) is 17.7. The highest BCUT2D eigenvalue weighted by molar-refractivity contribution is 6.15. The molecule has 6 N–H and O–H groups in total. The van der Waals surface area contributed by atoms with Crippen molar-refractivity contribution in [2.45, 2.75) is 26.7 Å². The number of aryl methyl sites for hydroxylation is 2. The Morgan fingerprint density at radius 2 is 1.19 bits per heavy atom. The molecule has 4 aromatic rings. The van der Waals surface area contributed by atoms with E-state index in [0.29, 0.717) is 33.5 Å². The molecule has 0 fully saturated rings. The summed E-state index contributed by atoms with van der Waals surface area (Å²) in [6.07, 6.45) is 3.31. The number of rotatable bonds is 8. The normalized spacial score (nSPS) is 11.3. The van der Waals surface area contributed by atoms with E-state index < -0.39 is 17.2 Å². The average Bonchev–Trinajstić information content (AvgIpc) is 2.84. The summed E-state index contributed by atoms with van der Waals surface area (Å²) in [6.45, 7) is 11.3. The Balaban J connectivity index is 1.67. The van der Waals surface area contributed by atoms with Gasteiger partial charge in [0.15, 0.2) is 0 Å². The lowest BCUT2D eigenvalue weighted by atomic mass is 9.78. The monoisotopic (exact) mass is 494 g/mol. The number of carbonyl (C=O) groups excluding carboxylic acids is 2. The van der Waals surface area contributed by atoms with Crippen LogP contribution in [-0.2, 0) is 9.59 Å². The molecule has 2 aromatic heterocycles. The summed E-state index contributed by atoms with van der Waals surface area (Å²) in [5.74, 6) is -0.972. The first kappa shape index (κ1) is 25.4. The number of anilines is 4. The molecular weight excluding hydrogens is 464 g/mol. The summed E-state index contributed by atoms with van der Waals surface area (Å²) in [5, 5.41) is 7.20. The Bertz CT molecular complexity index is 1440. The SMILES string of the molecule is C=CCC(CC=C)(C(=O)Nc1ccc2nc(C)cc(N)c2c1)C(=O)Nc1ccc2nc(C)cc(N)c2c1. The second-order valence-electron chi connectivity index (χ2n) is 9.15. The maximum Gasteiger partial charge on any atom is 0.240 e. The number of nitrogen functional groups attached to an aromatic ring is 2. The Morgan fingerprint density at radius 3 is 1.57 bits per heavy atom. The number of benzene rings is 2. The fraction of sp³-hybridized carbons (Fsp3) is 0.172. The maximum atomic E-state index is 13.7. The molecule has 8 heteroatoms. The van der Waals surface area contributed by atoms with Crippen LogP contribution >= 0.6 is 0 Å². The van der Waals surface area contributed by atoms with Crippen molar-refractivity contribution in [3.05, 3.63) is 85.2 Å². The number of amides is 2. The second kappa shape index (κ2) is 10.1. The van der Waals surface area contributed by atoms with E-state index in [1.54, 1.807) is 60.7 Å². The van der Waals surface area contributed by atoms with Gasteiger partial charge in [0, 0.05) is 44.9 Å². The molecule has 0 saturated carbocycles. The topological polar surface area (TPSA) is 136 Å². The van der Waals surface area contributed by atoms with Crippen LogP contribution in [0.25, 0.3) is 21.8 Å². The number of allylic oxidation sites excluding steroid dienone is 2. The van der Waals surface area contributed by atoms with Gasteiger partial charge in [-0.1, -0.05) is 12.2 Å². The minimum atomic E-state index is -1.48. The van der Waals surface area contributed by atoms with Crippen molar-refractivity contribution in [1.29, 1.82) is 0 Å². The number of hydrogen-bond acceptors (Lipinski definition) is 6. The molecule has 0 aliphatic heterocycles. The number of hydrogen-bond donors (Lipinski definition) is 4. The minimum Gasteiger partial charge on any atom is -0.398 e. The number of nitrogens with zero attached hydrogens (tertiary/aromatic N) is 2. The number of nitrogens with one attached hydrogen (secondary N) is 2. The van der Waals surface area contributed by atoms with Crippen LogP contribution in [0.3, 0.4) is 0 Å². The molecule has 0 bridgehead atoms. The standard InChI is InChI=1S/C29H30N6O2/c1-5-11-29(12-6-2,27(36)34-19-7-9-25-21(15-19)23(30)13-17(3)32-25)28(37)35-20-8-10-26-22(16-20)24(31)14-18(4)33-26/h5-10,13-16H,1-2,11-12H2,3-4H3,(H2,30,32)(H2,31,33)(H,34,36)(H,35,37). The molecule has 8 nitrogen and oxygen atoms in total. The highest BCUT2D eigenvalue weighted by atomic mass is 16.2. The van der Waals surface area contributed by atoms with Crippen LogP contribution in [0.5, 0.6) is 0 Å². The first-order valence-electron chi connectivity index (χ1n) is 11.9. The van der Waals surface area contributed by atoms with Gasteiger partial charge in [0.05, 0.1) is 11.0 Å². The quantitative estimate of drug-likeness (QED) is 0.194. The summed E-state index contributed by atoms with van der Waals surface area (Å²) in [4.78, 5) is 36.3. The summed E-state index contributed by atoms with van der Waals surface area (Å²) < 4.78 is 0. The molecule has 0 spiro atoms. The van der Waals surface area contributed by atoms with Crippen LogP contribution in [0.15, 0.2) is 73.8 Å². The van der Waals surface area contributed by atoms with Gasteiger partial charge in [0.25, 0.3) is 0 Å². The molecule has 188 valence electrons. The van der Waals surface area contributed by atoms with Gasteiger partial charge < -0.3 is 22.1 Å². The Hall–Kier alpha value is -4.72. The lowest BCUT2D eigenvalue weighted by molar-refractivity contribution is -0.137. The van der Waals surface area contributed by atoms with Gasteiger partial charge in [0.2, 0.25) is 11.8 Å². The second-order valence-corrected chi connectivity index (χ2v) is 9.15. The van der Waals surface area contributed by atoms with E-state index in [1.165, 1.54) is 0 Å². The highest BCUT2D eigenvalue weighted by Crippen LogP contribution is 2.34. The predicted molar refractivity (Wildman–Crippen MR) is 151 cm³/mol. The van der Waals surface area contributed by atoms with Crippen LogP contribution in [0.1, 0.15) is 24.2 Å². The number of nitrogens with two attached hydrogens (primary N) is 2. The van der Waals surface area contributed by atoms with Crippen LogP contribution < -0.4 is 22.1 Å². The zero-order chi connectivity index (χ0) is 26.7. The van der Waals surface area contributed by atoms with Crippen molar-refractivity contribution in [1.82, 2.24) is 9.97 Å². The molecule has 0 atom stereocenters. The van der Waals surface area contributed by atoms with Crippen LogP contribution in [0.4, 0.5) is 22.7 Å². The fourth-order valence-electron chi connectivity index (χ4n) is 4.49. The van der Waals surface area contributed by atoms with E-state index in [9.17, 15) is 9.59 Å². The van der Waals surface area contributed by atoms with E-state index >= 15 is 0 Å². The largest absolute Gasteiger partial charge is 0.398 e. The third kappa shape index (κ3) is 4.99. The predicted octanol–water partition coefficient (Wildman–Crippen LogP) is 5.28. The van der Waals surface area contributed by atoms with Gasteiger partial charge >= 0.3 is 0 Å². The van der Waals surface area contributed by atoms with E-state index in [1.807, 2.05) is 13.8 Å². The van der Waals surface area contributed by atoms with Crippen molar-refractivity contribution in [2.24, 2.45) is 5.41 Å². The van der Waals surface area contributed by atoms with Gasteiger partial charge in [-0.2, -0.15) is 0 Å². The summed E-state index contributed by atoms with van der Waals surface area (Å²) in [5.41, 5.74) is 16.0. The van der Waals surface area contributed by atoms with Crippen LogP contribution in [-0.4, -0.2) is 21.8 Å². The van der Waals surface area contributed by atoms with Crippen molar-refractivity contribution in [2.75, 3.05) is 22.1 Å². The molecule has 0 aliphatic carbocycles. The van der Waals surface area contributed by atoms with Crippen LogP contribution in [0, 0.1) is 19.3 Å². The summed E-state index contributed by atoms with van der Waals surface area (Å²) in [7, 11) is 0. The molecule has 2 amide bonds. The third-order valence-electron chi connectivity index (χ3n) is 6.31. The minimum absolute atomic E-state index is 0.101. The number of pyridine rings is 2. The maximum absolute atomic E-state index is 13.7. The molecule has 0 radical (unpaired) electrons. The van der Waals surface area contributed by atoms with E-state index in [-0.39, 0.29) is 12.8 Å². The van der Waals surface area contributed by atoms with Gasteiger partial charge in [-0.3, -0.25) is 19.6 Å². The van der Waals surface area contributed by atoms with Crippen molar-refractivity contribution in [3.8, 4) is 0 Å². The number of carbonyl (C=O) groups is 2. The molecular formula is C29H30N6O2. The lowest BCUT2D eigenvalue weighted by Crippen LogP contribution is -2.45. The Morgan fingerprint density at radius 1 is 0.784 bits per heavy atom.